The van der Waals surface area contributed by atoms with E-state index < -0.39 is 5.41 Å². The van der Waals surface area contributed by atoms with Crippen LogP contribution in [0.1, 0.15) is 13.8 Å². The Morgan fingerprint density at radius 1 is 1.29 bits per heavy atom. The Kier molecular flexibility index (Phi) is 8.12. The van der Waals surface area contributed by atoms with Crippen molar-refractivity contribution in [3.05, 3.63) is 0 Å². The van der Waals surface area contributed by atoms with Crippen molar-refractivity contribution in [2.24, 2.45) is 5.41 Å². The summed E-state index contributed by atoms with van der Waals surface area (Å²) in [6.07, 6.45) is 0. The van der Waals surface area contributed by atoms with Crippen LogP contribution in [0.3, 0.4) is 0 Å². The quantitative estimate of drug-likeness (QED) is 0.470. The zero-order chi connectivity index (χ0) is 13.3. The molecule has 0 aliphatic carbocycles. The molecule has 0 fully saturated rings. The van der Waals surface area contributed by atoms with E-state index in [-0.39, 0.29) is 5.97 Å². The zero-order valence-corrected chi connectivity index (χ0v) is 11.7. The van der Waals surface area contributed by atoms with Gasteiger partial charge in [-0.25, -0.2) is 0 Å². The smallest absolute Gasteiger partial charge is 0.312 e. The van der Waals surface area contributed by atoms with Crippen molar-refractivity contribution >= 4 is 5.97 Å². The number of carbonyl (C=O) groups is 1. The van der Waals surface area contributed by atoms with Crippen molar-refractivity contribution in [3.8, 4) is 0 Å². The van der Waals surface area contributed by atoms with E-state index in [1.54, 1.807) is 0 Å². The van der Waals surface area contributed by atoms with E-state index in [2.05, 4.69) is 10.2 Å². The molecule has 0 amide bonds. The fourth-order valence-electron chi connectivity index (χ4n) is 1.24. The summed E-state index contributed by atoms with van der Waals surface area (Å²) in [4.78, 5) is 13.5. The molecule has 0 saturated heterocycles. The Hall–Kier alpha value is -0.650. The van der Waals surface area contributed by atoms with E-state index in [4.69, 9.17) is 9.47 Å². The van der Waals surface area contributed by atoms with Crippen molar-refractivity contribution in [3.63, 3.8) is 0 Å². The Balaban J connectivity index is 3.48. The number of carbonyl (C=O) groups excluding carboxylic acids is 1. The fourth-order valence-corrected chi connectivity index (χ4v) is 1.24. The molecule has 0 aromatic carbocycles. The number of methoxy groups -OCH3 is 1. The Morgan fingerprint density at radius 2 is 1.94 bits per heavy atom. The lowest BCUT2D eigenvalue weighted by Gasteiger charge is -2.21. The number of nitrogens with one attached hydrogen (secondary N) is 1. The Morgan fingerprint density at radius 3 is 2.47 bits per heavy atom. The second-order valence-electron chi connectivity index (χ2n) is 4.97. The molecule has 102 valence electrons. The molecule has 5 heteroatoms. The van der Waals surface area contributed by atoms with E-state index >= 15 is 0 Å². The van der Waals surface area contributed by atoms with Gasteiger partial charge in [-0.15, -0.1) is 0 Å². The number of hydrogen-bond acceptors (Lipinski definition) is 5. The molecule has 0 aromatic rings. The predicted octanol–water partition coefficient (Wildman–Crippen LogP) is 0.353. The molecule has 0 atom stereocenters. The van der Waals surface area contributed by atoms with E-state index in [9.17, 15) is 4.79 Å². The molecule has 0 rings (SSSR count). The number of esters is 1. The van der Waals surface area contributed by atoms with Gasteiger partial charge in [0.05, 0.1) is 25.7 Å². The molecule has 0 spiro atoms. The van der Waals surface area contributed by atoms with Crippen molar-refractivity contribution < 1.29 is 14.3 Å². The first kappa shape index (κ1) is 16.4. The second kappa shape index (κ2) is 8.44. The van der Waals surface area contributed by atoms with E-state index in [1.807, 2.05) is 27.9 Å². The first-order valence-corrected chi connectivity index (χ1v) is 5.92. The highest BCUT2D eigenvalue weighted by atomic mass is 16.5. The molecule has 0 bridgehead atoms. The largest absolute Gasteiger partial charge is 0.469 e. The maximum absolute atomic E-state index is 11.4. The summed E-state index contributed by atoms with van der Waals surface area (Å²) in [5, 5.41) is 3.19. The maximum atomic E-state index is 11.4. The molecule has 1 N–H and O–H groups in total. The molecule has 0 saturated carbocycles. The third kappa shape index (κ3) is 8.12. The summed E-state index contributed by atoms with van der Waals surface area (Å²) in [6.45, 7) is 7.37. The van der Waals surface area contributed by atoms with Gasteiger partial charge in [-0.2, -0.15) is 0 Å². The van der Waals surface area contributed by atoms with Gasteiger partial charge >= 0.3 is 5.97 Å². The van der Waals surface area contributed by atoms with Crippen LogP contribution < -0.4 is 5.32 Å². The highest BCUT2D eigenvalue weighted by molar-refractivity contribution is 5.75. The lowest BCUT2D eigenvalue weighted by molar-refractivity contribution is -0.150. The van der Waals surface area contributed by atoms with Crippen LogP contribution in [-0.4, -0.2) is 64.9 Å². The van der Waals surface area contributed by atoms with Crippen LogP contribution in [0.5, 0.6) is 0 Å². The Labute approximate surface area is 104 Å². The van der Waals surface area contributed by atoms with Gasteiger partial charge in [-0.3, -0.25) is 4.79 Å². The zero-order valence-electron chi connectivity index (χ0n) is 11.7. The molecule has 0 aromatic heterocycles. The SMILES string of the molecule is COC(=O)C(C)(C)CNCCOCCN(C)C. The van der Waals surface area contributed by atoms with Crippen molar-refractivity contribution in [2.45, 2.75) is 13.8 Å². The number of nitrogens with zero attached hydrogens (tertiary/aromatic N) is 1. The van der Waals surface area contributed by atoms with Crippen LogP contribution in [0.2, 0.25) is 0 Å². The first-order chi connectivity index (χ1) is 7.90. The van der Waals surface area contributed by atoms with Gasteiger partial charge in [0.25, 0.3) is 0 Å². The fraction of sp³-hybridized carbons (Fsp3) is 0.917. The average molecular weight is 246 g/mol. The lowest BCUT2D eigenvalue weighted by Crippen LogP contribution is -2.38. The first-order valence-electron chi connectivity index (χ1n) is 5.92. The molecule has 0 aliphatic rings. The summed E-state index contributed by atoms with van der Waals surface area (Å²) in [7, 11) is 5.44. The van der Waals surface area contributed by atoms with Crippen LogP contribution in [0, 0.1) is 5.41 Å². The number of likely N-dealkylation sites (N-methyl/N-ethyl adjacent to an activating group) is 1. The molecule has 17 heavy (non-hydrogen) atoms. The van der Waals surface area contributed by atoms with Crippen molar-refractivity contribution in [1.29, 1.82) is 0 Å². The highest BCUT2D eigenvalue weighted by Crippen LogP contribution is 2.14. The normalized spacial score (nSPS) is 11.9. The minimum Gasteiger partial charge on any atom is -0.469 e. The molecule has 0 unspecified atom stereocenters. The van der Waals surface area contributed by atoms with Crippen molar-refractivity contribution in [1.82, 2.24) is 10.2 Å². The summed E-state index contributed by atoms with van der Waals surface area (Å²) in [6, 6.07) is 0. The molecule has 5 nitrogen and oxygen atoms in total. The number of ether oxygens (including phenoxy) is 2. The highest BCUT2D eigenvalue weighted by Gasteiger charge is 2.27. The molecular formula is C12H26N2O3. The second-order valence-corrected chi connectivity index (χ2v) is 4.97. The summed E-state index contributed by atoms with van der Waals surface area (Å²) in [5.74, 6) is -0.196. The van der Waals surface area contributed by atoms with Crippen LogP contribution >= 0.6 is 0 Å². The van der Waals surface area contributed by atoms with Crippen LogP contribution in [0.25, 0.3) is 0 Å². The molecular weight excluding hydrogens is 220 g/mol. The van der Waals surface area contributed by atoms with Crippen molar-refractivity contribution in [2.75, 3.05) is 54.1 Å². The molecule has 0 heterocycles. The van der Waals surface area contributed by atoms with Crippen LogP contribution in [0.15, 0.2) is 0 Å². The maximum Gasteiger partial charge on any atom is 0.312 e. The van der Waals surface area contributed by atoms with E-state index in [1.165, 1.54) is 7.11 Å². The van der Waals surface area contributed by atoms with Gasteiger partial charge in [-0.1, -0.05) is 0 Å². The minimum absolute atomic E-state index is 0.196. The van der Waals surface area contributed by atoms with Gasteiger partial charge in [0.1, 0.15) is 0 Å². The summed E-state index contributed by atoms with van der Waals surface area (Å²) in [5.41, 5.74) is -0.488. The minimum atomic E-state index is -0.488. The van der Waals surface area contributed by atoms with E-state index in [0.29, 0.717) is 13.2 Å². The van der Waals surface area contributed by atoms with Crippen LogP contribution in [0.4, 0.5) is 0 Å². The van der Waals surface area contributed by atoms with E-state index in [0.717, 1.165) is 19.7 Å². The van der Waals surface area contributed by atoms with Gasteiger partial charge in [-0.05, 0) is 27.9 Å². The monoisotopic (exact) mass is 246 g/mol. The lowest BCUT2D eigenvalue weighted by atomic mass is 9.94. The molecule has 0 radical (unpaired) electrons. The van der Waals surface area contributed by atoms with Gasteiger partial charge in [0, 0.05) is 19.6 Å². The van der Waals surface area contributed by atoms with Gasteiger partial charge in [0.15, 0.2) is 0 Å². The summed E-state index contributed by atoms with van der Waals surface area (Å²) < 4.78 is 10.1. The van der Waals surface area contributed by atoms with Gasteiger partial charge in [0.2, 0.25) is 0 Å². The Bertz CT molecular complexity index is 218. The summed E-state index contributed by atoms with van der Waals surface area (Å²) >= 11 is 0. The third-order valence-electron chi connectivity index (χ3n) is 2.41. The van der Waals surface area contributed by atoms with Gasteiger partial charge < -0.3 is 19.7 Å². The predicted molar refractivity (Wildman–Crippen MR) is 68.0 cm³/mol. The topological polar surface area (TPSA) is 50.8 Å². The molecule has 0 aliphatic heterocycles. The van der Waals surface area contributed by atoms with Crippen LogP contribution in [-0.2, 0) is 14.3 Å². The third-order valence-corrected chi connectivity index (χ3v) is 2.41. The number of rotatable bonds is 9. The number of hydrogen-bond donors (Lipinski definition) is 1. The average Bonchev–Trinajstić information content (AvgIpc) is 2.26. The standard InChI is InChI=1S/C12H26N2O3/c1-12(2,11(15)16-5)10-13-6-8-17-9-7-14(3)4/h13H,6-10H2,1-5H3.